The van der Waals surface area contributed by atoms with Crippen LogP contribution in [0.5, 0.6) is 0 Å². The van der Waals surface area contributed by atoms with Gasteiger partial charge in [0.15, 0.2) is 0 Å². The van der Waals surface area contributed by atoms with Gasteiger partial charge < -0.3 is 10.2 Å². The smallest absolute Gasteiger partial charge is 0.303 e. The lowest BCUT2D eigenvalue weighted by Crippen LogP contribution is -2.27. The molecule has 4 atom stereocenters. The molecule has 0 aliphatic heterocycles. The molecule has 1 rings (SSSR count). The molecule has 0 amide bonds. The van der Waals surface area contributed by atoms with Crippen LogP contribution in [0.25, 0.3) is 0 Å². The Morgan fingerprint density at radius 1 is 1.31 bits per heavy atom. The van der Waals surface area contributed by atoms with Crippen molar-refractivity contribution in [1.82, 2.24) is 0 Å². The number of aliphatic hydroxyl groups excluding tert-OH is 1. The molecule has 1 aliphatic rings. The van der Waals surface area contributed by atoms with E-state index in [0.29, 0.717) is 32.1 Å². The molecular formula is C21H33FO4. The van der Waals surface area contributed by atoms with Crippen LogP contribution in [0.4, 0.5) is 4.39 Å². The molecule has 0 spiro atoms. The number of ketones is 1. The normalized spacial score (nSPS) is 22.9. The third kappa shape index (κ3) is 7.81. The average Bonchev–Trinajstić information content (AvgIpc) is 2.84. The molecule has 1 saturated carbocycles. The van der Waals surface area contributed by atoms with E-state index in [1.54, 1.807) is 0 Å². The number of carbonyl (C=O) groups is 2. The van der Waals surface area contributed by atoms with Crippen molar-refractivity contribution in [2.75, 3.05) is 0 Å². The number of aliphatic carboxylic acids is 1. The van der Waals surface area contributed by atoms with E-state index in [1.165, 1.54) is 0 Å². The second-order valence-electron chi connectivity index (χ2n) is 7.32. The number of aliphatic hydroxyl groups is 1. The maximum atomic E-state index is 14.4. The van der Waals surface area contributed by atoms with E-state index in [9.17, 15) is 19.1 Å². The Bertz CT molecular complexity index is 500. The molecule has 1 fully saturated rings. The molecule has 148 valence electrons. The summed E-state index contributed by atoms with van der Waals surface area (Å²) in [5.41, 5.74) is 0.766. The Labute approximate surface area is 156 Å². The molecule has 1 unspecified atom stereocenters. The van der Waals surface area contributed by atoms with Gasteiger partial charge in [0.1, 0.15) is 12.0 Å². The molecule has 26 heavy (non-hydrogen) atoms. The van der Waals surface area contributed by atoms with Gasteiger partial charge in [-0.2, -0.15) is 0 Å². The van der Waals surface area contributed by atoms with Crippen molar-refractivity contribution in [2.45, 2.75) is 83.4 Å². The van der Waals surface area contributed by atoms with Gasteiger partial charge in [-0.1, -0.05) is 50.5 Å². The van der Waals surface area contributed by atoms with Gasteiger partial charge in [-0.15, -0.1) is 0 Å². The van der Waals surface area contributed by atoms with E-state index in [1.807, 2.05) is 12.2 Å². The summed E-state index contributed by atoms with van der Waals surface area (Å²) >= 11 is 0. The molecule has 0 aromatic heterocycles. The van der Waals surface area contributed by atoms with Crippen LogP contribution in [0.2, 0.25) is 0 Å². The monoisotopic (exact) mass is 368 g/mol. The molecule has 0 bridgehead atoms. The first-order valence-corrected chi connectivity index (χ1v) is 9.76. The summed E-state index contributed by atoms with van der Waals surface area (Å²) in [6.45, 7) is 6.01. The third-order valence-electron chi connectivity index (χ3n) is 5.14. The van der Waals surface area contributed by atoms with Gasteiger partial charge in [0, 0.05) is 18.8 Å². The highest BCUT2D eigenvalue weighted by molar-refractivity contribution is 5.87. The minimum absolute atomic E-state index is 0.0860. The minimum Gasteiger partial charge on any atom is -0.481 e. The van der Waals surface area contributed by atoms with Gasteiger partial charge in [0.2, 0.25) is 0 Å². The van der Waals surface area contributed by atoms with Crippen LogP contribution in [0.3, 0.4) is 0 Å². The molecule has 0 aromatic carbocycles. The third-order valence-corrected chi connectivity index (χ3v) is 5.14. The van der Waals surface area contributed by atoms with E-state index in [-0.39, 0.29) is 30.5 Å². The maximum Gasteiger partial charge on any atom is 0.303 e. The van der Waals surface area contributed by atoms with E-state index in [2.05, 4.69) is 13.5 Å². The van der Waals surface area contributed by atoms with Gasteiger partial charge in [-0.05, 0) is 38.0 Å². The van der Waals surface area contributed by atoms with Crippen LogP contribution in [0, 0.1) is 11.8 Å². The summed E-state index contributed by atoms with van der Waals surface area (Å²) in [7, 11) is 0. The average molecular weight is 368 g/mol. The lowest BCUT2D eigenvalue weighted by Gasteiger charge is -2.23. The number of carboxylic acids is 1. The number of allylic oxidation sites excluding steroid dienone is 3. The summed E-state index contributed by atoms with van der Waals surface area (Å²) in [5.74, 6) is -1.23. The number of rotatable bonds is 13. The molecule has 0 radical (unpaired) electrons. The fourth-order valence-corrected chi connectivity index (χ4v) is 3.54. The Balaban J connectivity index is 2.50. The van der Waals surface area contributed by atoms with Gasteiger partial charge >= 0.3 is 5.97 Å². The number of alkyl halides is 1. The van der Waals surface area contributed by atoms with Gasteiger partial charge in [0.05, 0.1) is 6.10 Å². The zero-order valence-corrected chi connectivity index (χ0v) is 15.8. The summed E-state index contributed by atoms with van der Waals surface area (Å²) in [6.07, 6.45) is 7.06. The molecular weight excluding hydrogens is 335 g/mol. The van der Waals surface area contributed by atoms with Crippen LogP contribution in [-0.4, -0.2) is 34.2 Å². The molecule has 4 nitrogen and oxygen atoms in total. The second kappa shape index (κ2) is 12.0. The number of halogens is 1. The van der Waals surface area contributed by atoms with E-state index in [4.69, 9.17) is 5.11 Å². The van der Waals surface area contributed by atoms with Crippen molar-refractivity contribution in [3.05, 3.63) is 24.3 Å². The highest BCUT2D eigenvalue weighted by Crippen LogP contribution is 2.39. The van der Waals surface area contributed by atoms with E-state index < -0.39 is 18.2 Å². The first-order chi connectivity index (χ1) is 12.4. The number of hydrogen-bond acceptors (Lipinski definition) is 3. The summed E-state index contributed by atoms with van der Waals surface area (Å²) < 4.78 is 14.4. The van der Waals surface area contributed by atoms with E-state index in [0.717, 1.165) is 24.8 Å². The lowest BCUT2D eigenvalue weighted by atomic mass is 9.85. The predicted molar refractivity (Wildman–Crippen MR) is 101 cm³/mol. The Morgan fingerprint density at radius 2 is 2.04 bits per heavy atom. The molecule has 0 aromatic rings. The van der Waals surface area contributed by atoms with Crippen molar-refractivity contribution >= 4 is 11.8 Å². The first-order valence-electron chi connectivity index (χ1n) is 9.76. The van der Waals surface area contributed by atoms with Crippen molar-refractivity contribution in [1.29, 1.82) is 0 Å². The zero-order valence-electron chi connectivity index (χ0n) is 15.8. The molecule has 0 saturated heterocycles. The molecule has 2 N–H and O–H groups in total. The second-order valence-corrected chi connectivity index (χ2v) is 7.32. The van der Waals surface area contributed by atoms with E-state index >= 15 is 0 Å². The number of hydrogen-bond donors (Lipinski definition) is 2. The summed E-state index contributed by atoms with van der Waals surface area (Å²) in [4.78, 5) is 22.7. The number of carboxylic acid groups (broad SMARTS) is 1. The summed E-state index contributed by atoms with van der Waals surface area (Å²) in [5, 5.41) is 18.6. The quantitative estimate of drug-likeness (QED) is 0.367. The highest BCUT2D eigenvalue weighted by atomic mass is 19.1. The maximum absolute atomic E-state index is 14.4. The predicted octanol–water partition coefficient (Wildman–Crippen LogP) is 4.62. The van der Waals surface area contributed by atoms with Crippen LogP contribution in [0.1, 0.15) is 71.1 Å². The first kappa shape index (κ1) is 22.6. The number of Topliss-reactive ketones (excluding diaryl/α,β-unsaturated/α-hetero) is 1. The lowest BCUT2D eigenvalue weighted by molar-refractivity contribution is -0.137. The molecule has 1 aliphatic carbocycles. The van der Waals surface area contributed by atoms with Gasteiger partial charge in [-0.3, -0.25) is 9.59 Å². The van der Waals surface area contributed by atoms with Crippen LogP contribution in [0.15, 0.2) is 24.3 Å². The minimum atomic E-state index is -1.33. The fourth-order valence-electron chi connectivity index (χ4n) is 3.54. The van der Waals surface area contributed by atoms with Gasteiger partial charge in [0.25, 0.3) is 0 Å². The highest BCUT2D eigenvalue weighted by Gasteiger charge is 2.38. The topological polar surface area (TPSA) is 74.6 Å². The molecule has 5 heteroatoms. The Kier molecular flexibility index (Phi) is 10.4. The molecule has 0 heterocycles. The number of unbranched alkanes of at least 4 members (excludes halogenated alkanes) is 3. The largest absolute Gasteiger partial charge is 0.481 e. The Hall–Kier alpha value is -1.49. The van der Waals surface area contributed by atoms with Crippen molar-refractivity contribution in [2.24, 2.45) is 11.8 Å². The van der Waals surface area contributed by atoms with Crippen molar-refractivity contribution in [3.8, 4) is 0 Å². The van der Waals surface area contributed by atoms with Crippen LogP contribution >= 0.6 is 0 Å². The zero-order chi connectivity index (χ0) is 19.5. The Morgan fingerprint density at radius 3 is 2.69 bits per heavy atom. The fraction of sp³-hybridized carbons (Fsp3) is 0.714. The van der Waals surface area contributed by atoms with Crippen molar-refractivity contribution < 1.29 is 24.2 Å². The van der Waals surface area contributed by atoms with Crippen LogP contribution in [-0.2, 0) is 9.59 Å². The van der Waals surface area contributed by atoms with Gasteiger partial charge in [-0.25, -0.2) is 4.39 Å². The SMILES string of the molecule is C=C1CC(=O)[C@@H](CC=CCCCC(=O)O)[C@H]1CC(F)[C@@H](O)CCCCC. The van der Waals surface area contributed by atoms with Crippen molar-refractivity contribution in [3.63, 3.8) is 0 Å². The van der Waals surface area contributed by atoms with Crippen LogP contribution < -0.4 is 0 Å². The standard InChI is InChI=1S/C21H33FO4/c1-3-4-7-11-19(23)18(22)14-17-15(2)13-20(24)16(17)10-8-5-6-9-12-21(25)26/h5,8,16-19,23H,2-4,6-7,9-14H2,1H3,(H,25,26)/t16-,17-,18?,19-/m0/s1. The summed E-state index contributed by atoms with van der Waals surface area (Å²) in [6, 6.07) is 0. The number of carbonyl (C=O) groups excluding carboxylic acids is 1.